The summed E-state index contributed by atoms with van der Waals surface area (Å²) in [5.41, 5.74) is 16.7. The maximum atomic E-state index is 5.45. The maximum absolute atomic E-state index is 5.45. The Morgan fingerprint density at radius 2 is 0.687 bits per heavy atom. The van der Waals surface area contributed by atoms with Crippen LogP contribution in [0.4, 0.5) is 0 Å². The Bertz CT molecular complexity index is 3650. The Morgan fingerprint density at radius 1 is 0.269 bits per heavy atom. The SMILES string of the molecule is c1ccc(-c2cc(-c3ccccc3)cc(-c3nc(-c4ccccc4)nc(-c4cccc(-c5ccc6cc(-c7ccccc7)n7nc(-c8ccccc8)c(-c8ccccc8)c7c6c5)c4)n3)c2)cc1. The number of hydrogen-bond donors (Lipinski definition) is 0. The quantitative estimate of drug-likeness (QED) is 0.145. The topological polar surface area (TPSA) is 56.0 Å². The van der Waals surface area contributed by atoms with Gasteiger partial charge in [-0.25, -0.2) is 19.5 Å². The van der Waals surface area contributed by atoms with Crippen molar-refractivity contribution in [2.45, 2.75) is 0 Å². The molecule has 0 aliphatic rings. The predicted molar refractivity (Wildman–Crippen MR) is 275 cm³/mol. The van der Waals surface area contributed by atoms with Gasteiger partial charge in [0.25, 0.3) is 0 Å². The van der Waals surface area contributed by atoms with E-state index in [0.717, 1.165) is 100 Å². The van der Waals surface area contributed by atoms with Gasteiger partial charge in [-0.1, -0.05) is 212 Å². The van der Waals surface area contributed by atoms with Crippen LogP contribution in [0.1, 0.15) is 0 Å². The van der Waals surface area contributed by atoms with Crippen LogP contribution in [-0.4, -0.2) is 24.6 Å². The van der Waals surface area contributed by atoms with Crippen molar-refractivity contribution in [2.24, 2.45) is 0 Å². The highest BCUT2D eigenvalue weighted by atomic mass is 15.2. The summed E-state index contributed by atoms with van der Waals surface area (Å²) in [4.78, 5) is 15.6. The zero-order valence-electron chi connectivity index (χ0n) is 36.4. The lowest BCUT2D eigenvalue weighted by Crippen LogP contribution is -2.00. The highest BCUT2D eigenvalue weighted by Crippen LogP contribution is 2.42. The Kier molecular flexibility index (Phi) is 10.1. The number of nitrogens with zero attached hydrogens (tertiary/aromatic N) is 5. The number of fused-ring (bicyclic) bond motifs is 3. The number of aromatic nitrogens is 5. The molecule has 0 aliphatic heterocycles. The first-order valence-corrected chi connectivity index (χ1v) is 22.5. The van der Waals surface area contributed by atoms with Gasteiger partial charge in [-0.2, -0.15) is 5.10 Å². The van der Waals surface area contributed by atoms with E-state index in [0.29, 0.717) is 17.5 Å². The molecule has 0 unspecified atom stereocenters. The van der Waals surface area contributed by atoms with Crippen LogP contribution in [0.15, 0.2) is 249 Å². The minimum absolute atomic E-state index is 0.599. The first kappa shape index (κ1) is 39.5. The molecule has 3 aromatic heterocycles. The molecule has 0 aliphatic carbocycles. The molecule has 314 valence electrons. The van der Waals surface area contributed by atoms with Crippen molar-refractivity contribution in [1.82, 2.24) is 24.6 Å². The molecule has 0 atom stereocenters. The Morgan fingerprint density at radius 3 is 1.27 bits per heavy atom. The van der Waals surface area contributed by atoms with Crippen LogP contribution in [0.2, 0.25) is 0 Å². The minimum atomic E-state index is 0.599. The van der Waals surface area contributed by atoms with E-state index in [1.165, 1.54) is 0 Å². The van der Waals surface area contributed by atoms with Crippen molar-refractivity contribution >= 4 is 16.3 Å². The summed E-state index contributed by atoms with van der Waals surface area (Å²) in [6.07, 6.45) is 0. The third kappa shape index (κ3) is 7.64. The molecule has 0 spiro atoms. The fraction of sp³-hybridized carbons (Fsp3) is 0. The lowest BCUT2D eigenvalue weighted by atomic mass is 9.94. The largest absolute Gasteiger partial charge is 0.231 e. The van der Waals surface area contributed by atoms with E-state index < -0.39 is 0 Å². The summed E-state index contributed by atoms with van der Waals surface area (Å²) in [7, 11) is 0. The van der Waals surface area contributed by atoms with Crippen LogP contribution < -0.4 is 0 Å². The average molecular weight is 856 g/mol. The molecule has 0 N–H and O–H groups in total. The number of hydrogen-bond acceptors (Lipinski definition) is 4. The first-order valence-electron chi connectivity index (χ1n) is 22.5. The van der Waals surface area contributed by atoms with Gasteiger partial charge < -0.3 is 0 Å². The molecule has 0 radical (unpaired) electrons. The Balaban J connectivity index is 1.04. The first-order chi connectivity index (χ1) is 33.2. The maximum Gasteiger partial charge on any atom is 0.164 e. The van der Waals surface area contributed by atoms with Gasteiger partial charge in [0.05, 0.1) is 11.2 Å². The van der Waals surface area contributed by atoms with Gasteiger partial charge in [0.2, 0.25) is 0 Å². The predicted octanol–water partition coefficient (Wildman–Crippen LogP) is 15.7. The van der Waals surface area contributed by atoms with Gasteiger partial charge in [0.1, 0.15) is 5.69 Å². The smallest absolute Gasteiger partial charge is 0.164 e. The van der Waals surface area contributed by atoms with E-state index in [1.54, 1.807) is 0 Å². The standard InChI is InChI=1S/C62H41N5/c1-7-20-42(21-8-1)52-37-53(43-22-9-2-10-23-43)39-54(38-52)62-64-60(47-30-17-6-18-31-47)63-61(65-62)51-33-19-32-48(36-51)49-34-35-50-41-56(44-24-11-3-12-25-44)67-59(55(50)40-49)57(45-26-13-4-14-27-45)58(66-67)46-28-15-5-16-29-46/h1-41H. The van der Waals surface area contributed by atoms with E-state index in [1.807, 2.05) is 30.3 Å². The van der Waals surface area contributed by atoms with E-state index in [2.05, 4.69) is 223 Å². The lowest BCUT2D eigenvalue weighted by Gasteiger charge is -2.13. The third-order valence-electron chi connectivity index (χ3n) is 12.4. The second kappa shape index (κ2) is 17.1. The van der Waals surface area contributed by atoms with Crippen molar-refractivity contribution in [1.29, 1.82) is 0 Å². The van der Waals surface area contributed by atoms with Crippen molar-refractivity contribution in [3.8, 4) is 101 Å². The number of benzene rings is 9. The van der Waals surface area contributed by atoms with E-state index in [9.17, 15) is 0 Å². The summed E-state index contributed by atoms with van der Waals surface area (Å²) < 4.78 is 2.15. The molecule has 12 rings (SSSR count). The monoisotopic (exact) mass is 855 g/mol. The highest BCUT2D eigenvalue weighted by Gasteiger charge is 2.22. The molecule has 3 heterocycles. The minimum Gasteiger partial charge on any atom is -0.231 e. The fourth-order valence-electron chi connectivity index (χ4n) is 9.15. The molecular weight excluding hydrogens is 815 g/mol. The second-order valence-corrected chi connectivity index (χ2v) is 16.7. The molecule has 0 bridgehead atoms. The second-order valence-electron chi connectivity index (χ2n) is 16.7. The Labute approximate surface area is 389 Å². The van der Waals surface area contributed by atoms with Crippen LogP contribution >= 0.6 is 0 Å². The zero-order chi connectivity index (χ0) is 44.5. The molecule has 0 saturated carbocycles. The van der Waals surface area contributed by atoms with E-state index in [4.69, 9.17) is 20.1 Å². The third-order valence-corrected chi connectivity index (χ3v) is 12.4. The Hall–Kier alpha value is -9.06. The lowest BCUT2D eigenvalue weighted by molar-refractivity contribution is 0.979. The van der Waals surface area contributed by atoms with Crippen LogP contribution in [0.25, 0.3) is 117 Å². The summed E-state index contributed by atoms with van der Waals surface area (Å²) in [6.45, 7) is 0. The van der Waals surface area contributed by atoms with Crippen LogP contribution in [0, 0.1) is 0 Å². The van der Waals surface area contributed by atoms with Crippen LogP contribution in [0.5, 0.6) is 0 Å². The molecule has 0 saturated heterocycles. The zero-order valence-corrected chi connectivity index (χ0v) is 36.4. The van der Waals surface area contributed by atoms with Crippen LogP contribution in [-0.2, 0) is 0 Å². The molecule has 12 aromatic rings. The molecule has 0 amide bonds. The van der Waals surface area contributed by atoms with E-state index in [-0.39, 0.29) is 0 Å². The van der Waals surface area contributed by atoms with Crippen molar-refractivity contribution in [2.75, 3.05) is 0 Å². The summed E-state index contributed by atoms with van der Waals surface area (Å²) in [5.74, 6) is 1.82. The van der Waals surface area contributed by atoms with Gasteiger partial charge in [-0.05, 0) is 80.7 Å². The molecule has 0 fully saturated rings. The van der Waals surface area contributed by atoms with Gasteiger partial charge >= 0.3 is 0 Å². The molecular formula is C62H41N5. The summed E-state index contributed by atoms with van der Waals surface area (Å²) in [6, 6.07) is 87.1. The average Bonchev–Trinajstić information content (AvgIpc) is 3.83. The van der Waals surface area contributed by atoms with Gasteiger partial charge in [0.15, 0.2) is 17.5 Å². The van der Waals surface area contributed by atoms with E-state index >= 15 is 0 Å². The van der Waals surface area contributed by atoms with Crippen LogP contribution in [0.3, 0.4) is 0 Å². The van der Waals surface area contributed by atoms with Crippen molar-refractivity contribution < 1.29 is 0 Å². The van der Waals surface area contributed by atoms with Crippen molar-refractivity contribution in [3.63, 3.8) is 0 Å². The molecule has 67 heavy (non-hydrogen) atoms. The molecule has 5 nitrogen and oxygen atoms in total. The highest BCUT2D eigenvalue weighted by molar-refractivity contribution is 6.09. The molecule has 5 heteroatoms. The van der Waals surface area contributed by atoms with Crippen molar-refractivity contribution in [3.05, 3.63) is 249 Å². The normalized spacial score (nSPS) is 11.3. The summed E-state index contributed by atoms with van der Waals surface area (Å²) >= 11 is 0. The number of pyridine rings is 1. The number of rotatable bonds is 9. The van der Waals surface area contributed by atoms with Gasteiger partial charge in [-0.3, -0.25) is 0 Å². The summed E-state index contributed by atoms with van der Waals surface area (Å²) in [5, 5.41) is 7.69. The molecule has 9 aromatic carbocycles. The van der Waals surface area contributed by atoms with Gasteiger partial charge in [-0.15, -0.1) is 0 Å². The fourth-order valence-corrected chi connectivity index (χ4v) is 9.15. The van der Waals surface area contributed by atoms with Gasteiger partial charge in [0, 0.05) is 38.8 Å².